The molecule has 2 aliphatic heterocycles. The molecule has 0 aromatic heterocycles. The summed E-state index contributed by atoms with van der Waals surface area (Å²) in [4.78, 5) is 34.8. The number of nitrogens with zero attached hydrogens (tertiary/aromatic N) is 4. The number of piperazine rings is 1. The van der Waals surface area contributed by atoms with E-state index in [1.165, 1.54) is 6.42 Å². The van der Waals surface area contributed by atoms with E-state index >= 15 is 0 Å². The van der Waals surface area contributed by atoms with E-state index in [0.717, 1.165) is 58.1 Å². The molecular weight excluding hydrogens is 459 g/mol. The van der Waals surface area contributed by atoms with E-state index in [1.807, 2.05) is 18.7 Å². The minimum Gasteiger partial charge on any atom is -0.352 e. The van der Waals surface area contributed by atoms with Crippen LogP contribution in [0.2, 0.25) is 0 Å². The van der Waals surface area contributed by atoms with Crippen LogP contribution in [0.5, 0.6) is 0 Å². The third-order valence-corrected chi connectivity index (χ3v) is 4.81. The molecule has 0 bridgehead atoms. The monoisotopic (exact) mass is 494 g/mol. The fraction of sp³-hybridized carbons (Fsp3) is 0.833. The number of carbonyl (C=O) groups excluding carboxylic acids is 2. The lowest BCUT2D eigenvalue weighted by Crippen LogP contribution is -2.55. The molecule has 2 aliphatic rings. The second-order valence-electron chi connectivity index (χ2n) is 7.33. The molecule has 0 aromatic rings. The zero-order chi connectivity index (χ0) is 18.9. The normalized spacial score (nSPS) is 18.9. The largest absolute Gasteiger partial charge is 0.352 e. The second-order valence-corrected chi connectivity index (χ2v) is 7.33. The van der Waals surface area contributed by atoms with Gasteiger partial charge in [-0.15, -0.1) is 24.0 Å². The van der Waals surface area contributed by atoms with Crippen LogP contribution in [0.4, 0.5) is 0 Å². The van der Waals surface area contributed by atoms with Gasteiger partial charge >= 0.3 is 0 Å². The zero-order valence-electron chi connectivity index (χ0n) is 16.9. The molecule has 0 atom stereocenters. The van der Waals surface area contributed by atoms with Crippen LogP contribution >= 0.6 is 24.0 Å². The number of aliphatic imine (C=N–C) groups is 1. The first-order chi connectivity index (χ1) is 12.5. The number of likely N-dealkylation sites (tertiary alicyclic amines) is 1. The summed E-state index contributed by atoms with van der Waals surface area (Å²) in [6.45, 7) is 9.71. The van der Waals surface area contributed by atoms with E-state index < -0.39 is 0 Å². The van der Waals surface area contributed by atoms with Gasteiger partial charge in [-0.2, -0.15) is 0 Å². The summed E-state index contributed by atoms with van der Waals surface area (Å²) < 4.78 is 0. The smallest absolute Gasteiger partial charge is 0.239 e. The van der Waals surface area contributed by atoms with E-state index in [1.54, 1.807) is 7.05 Å². The van der Waals surface area contributed by atoms with Crippen molar-refractivity contribution in [2.24, 2.45) is 4.99 Å². The van der Waals surface area contributed by atoms with Crippen LogP contribution in [0.25, 0.3) is 0 Å². The highest BCUT2D eigenvalue weighted by molar-refractivity contribution is 14.0. The molecule has 0 aliphatic carbocycles. The number of guanidine groups is 1. The second kappa shape index (κ2) is 12.4. The van der Waals surface area contributed by atoms with Gasteiger partial charge in [-0.3, -0.25) is 19.5 Å². The highest BCUT2D eigenvalue weighted by atomic mass is 127. The Bertz CT molecular complexity index is 500. The SMILES string of the molecule is CN=C(NCC(=O)NC(C)C)N1CCN(CC(=O)N2CCCCC2)CC1.I. The van der Waals surface area contributed by atoms with Crippen molar-refractivity contribution in [3.05, 3.63) is 0 Å². The molecule has 2 saturated heterocycles. The van der Waals surface area contributed by atoms with Gasteiger partial charge in [-0.1, -0.05) is 0 Å². The Morgan fingerprint density at radius 2 is 1.59 bits per heavy atom. The number of carbonyl (C=O) groups is 2. The lowest BCUT2D eigenvalue weighted by atomic mass is 10.1. The van der Waals surface area contributed by atoms with Crippen molar-refractivity contribution < 1.29 is 9.59 Å². The number of nitrogens with one attached hydrogen (secondary N) is 2. The predicted octanol–water partition coefficient (Wildman–Crippen LogP) is 0.335. The van der Waals surface area contributed by atoms with Crippen molar-refractivity contribution in [1.82, 2.24) is 25.3 Å². The summed E-state index contributed by atoms with van der Waals surface area (Å²) in [6, 6.07) is 0.132. The molecule has 156 valence electrons. The Morgan fingerprint density at radius 1 is 0.963 bits per heavy atom. The molecule has 0 radical (unpaired) electrons. The van der Waals surface area contributed by atoms with Gasteiger partial charge in [-0.25, -0.2) is 0 Å². The molecule has 8 nitrogen and oxygen atoms in total. The van der Waals surface area contributed by atoms with E-state index in [9.17, 15) is 9.59 Å². The Labute approximate surface area is 180 Å². The van der Waals surface area contributed by atoms with E-state index in [4.69, 9.17) is 0 Å². The third kappa shape index (κ3) is 8.20. The molecule has 0 aromatic carbocycles. The molecule has 2 rings (SSSR count). The van der Waals surface area contributed by atoms with Crippen LogP contribution in [-0.2, 0) is 9.59 Å². The molecule has 2 N–H and O–H groups in total. The Balaban J connectivity index is 0.00000364. The van der Waals surface area contributed by atoms with E-state index in [-0.39, 0.29) is 48.4 Å². The van der Waals surface area contributed by atoms with Gasteiger partial charge in [0.25, 0.3) is 0 Å². The highest BCUT2D eigenvalue weighted by Gasteiger charge is 2.24. The number of hydrogen-bond donors (Lipinski definition) is 2. The molecule has 0 spiro atoms. The number of rotatable bonds is 5. The molecule has 2 fully saturated rings. The van der Waals surface area contributed by atoms with Gasteiger partial charge in [0.1, 0.15) is 0 Å². The van der Waals surface area contributed by atoms with Gasteiger partial charge in [-0.05, 0) is 33.1 Å². The summed E-state index contributed by atoms with van der Waals surface area (Å²) in [7, 11) is 1.73. The maximum Gasteiger partial charge on any atom is 0.239 e. The fourth-order valence-electron chi connectivity index (χ4n) is 3.42. The van der Waals surface area contributed by atoms with Crippen LogP contribution in [0, 0.1) is 0 Å². The van der Waals surface area contributed by atoms with Gasteiger partial charge in [0.05, 0.1) is 13.1 Å². The van der Waals surface area contributed by atoms with E-state index in [0.29, 0.717) is 6.54 Å². The van der Waals surface area contributed by atoms with Crippen LogP contribution in [0.1, 0.15) is 33.1 Å². The first-order valence-corrected chi connectivity index (χ1v) is 9.74. The minimum absolute atomic E-state index is 0. The molecular formula is C18H35IN6O2. The van der Waals surface area contributed by atoms with Crippen molar-refractivity contribution in [2.75, 3.05) is 59.4 Å². The molecule has 0 unspecified atom stereocenters. The Kier molecular flexibility index (Phi) is 11.0. The minimum atomic E-state index is -0.0353. The Hall–Kier alpha value is -1.10. The summed E-state index contributed by atoms with van der Waals surface area (Å²) in [5.41, 5.74) is 0. The quantitative estimate of drug-likeness (QED) is 0.327. The van der Waals surface area contributed by atoms with Gasteiger partial charge in [0.15, 0.2) is 5.96 Å². The lowest BCUT2D eigenvalue weighted by molar-refractivity contribution is -0.133. The molecule has 2 amide bonds. The fourth-order valence-corrected chi connectivity index (χ4v) is 3.42. The number of amides is 2. The van der Waals surface area contributed by atoms with Crippen molar-refractivity contribution in [3.8, 4) is 0 Å². The maximum atomic E-state index is 12.4. The zero-order valence-corrected chi connectivity index (χ0v) is 19.2. The lowest BCUT2D eigenvalue weighted by Gasteiger charge is -2.37. The predicted molar refractivity (Wildman–Crippen MR) is 118 cm³/mol. The van der Waals surface area contributed by atoms with Gasteiger partial charge in [0.2, 0.25) is 11.8 Å². The Morgan fingerprint density at radius 3 is 2.15 bits per heavy atom. The summed E-state index contributed by atoms with van der Waals surface area (Å²) in [5, 5.41) is 5.98. The van der Waals surface area contributed by atoms with Crippen molar-refractivity contribution in [2.45, 2.75) is 39.2 Å². The van der Waals surface area contributed by atoms with Crippen LogP contribution in [-0.4, -0.2) is 97.9 Å². The summed E-state index contributed by atoms with van der Waals surface area (Å²) >= 11 is 0. The average Bonchev–Trinajstić information content (AvgIpc) is 2.63. The van der Waals surface area contributed by atoms with Gasteiger partial charge in [0, 0.05) is 52.4 Å². The molecule has 2 heterocycles. The topological polar surface area (TPSA) is 80.3 Å². The van der Waals surface area contributed by atoms with Crippen molar-refractivity contribution >= 4 is 41.8 Å². The number of hydrogen-bond acceptors (Lipinski definition) is 4. The van der Waals surface area contributed by atoms with Crippen LogP contribution in [0.15, 0.2) is 4.99 Å². The third-order valence-electron chi connectivity index (χ3n) is 4.81. The standard InChI is InChI=1S/C18H34N6O2.HI/c1-15(2)21-16(25)13-20-18(19-3)24-11-9-22(10-12-24)14-17(26)23-7-5-4-6-8-23;/h15H,4-14H2,1-3H3,(H,19,20)(H,21,25);1H. The number of piperidine rings is 1. The maximum absolute atomic E-state index is 12.4. The van der Waals surface area contributed by atoms with Crippen LogP contribution in [0.3, 0.4) is 0 Å². The van der Waals surface area contributed by atoms with Crippen molar-refractivity contribution in [3.63, 3.8) is 0 Å². The van der Waals surface area contributed by atoms with Crippen molar-refractivity contribution in [1.29, 1.82) is 0 Å². The van der Waals surface area contributed by atoms with Gasteiger partial charge < -0.3 is 20.4 Å². The highest BCUT2D eigenvalue weighted by Crippen LogP contribution is 2.10. The molecule has 27 heavy (non-hydrogen) atoms. The summed E-state index contributed by atoms with van der Waals surface area (Å²) in [5.74, 6) is 0.962. The molecule has 0 saturated carbocycles. The first kappa shape index (κ1) is 23.9. The first-order valence-electron chi connectivity index (χ1n) is 9.74. The number of halogens is 1. The van der Waals surface area contributed by atoms with E-state index in [2.05, 4.69) is 25.4 Å². The average molecular weight is 494 g/mol. The summed E-state index contributed by atoms with van der Waals surface area (Å²) in [6.07, 6.45) is 3.50. The molecule has 9 heteroatoms. The van der Waals surface area contributed by atoms with Crippen LogP contribution < -0.4 is 10.6 Å².